The first-order valence-electron chi connectivity index (χ1n) is 5.73. The Hall–Kier alpha value is -0.530. The maximum absolute atomic E-state index is 5.79. The molecule has 1 N–H and O–H groups in total. The molecule has 0 atom stereocenters. The van der Waals surface area contributed by atoms with Crippen LogP contribution in [0.15, 0.2) is 24.3 Å². The predicted molar refractivity (Wildman–Crippen MR) is 65.0 cm³/mol. The maximum Gasteiger partial charge on any atom is 0.0474 e. The third-order valence-corrected chi connectivity index (χ3v) is 3.21. The fourth-order valence-corrected chi connectivity index (χ4v) is 1.93. The molecular formula is C13H18ClN. The Balaban J connectivity index is 1.71. The van der Waals surface area contributed by atoms with Crippen molar-refractivity contribution in [2.45, 2.75) is 31.7 Å². The summed E-state index contributed by atoms with van der Waals surface area (Å²) >= 11 is 5.79. The van der Waals surface area contributed by atoms with Crippen LogP contribution in [0.4, 0.5) is 0 Å². The molecule has 1 aliphatic carbocycles. The lowest BCUT2D eigenvalue weighted by molar-refractivity contribution is 0.613. The first-order valence-corrected chi connectivity index (χ1v) is 6.26. The van der Waals surface area contributed by atoms with E-state index in [0.717, 1.165) is 19.0 Å². The van der Waals surface area contributed by atoms with Gasteiger partial charge in [-0.3, -0.25) is 0 Å². The topological polar surface area (TPSA) is 12.0 Å². The molecule has 2 heteroatoms. The molecular weight excluding hydrogens is 206 g/mol. The van der Waals surface area contributed by atoms with E-state index in [1.807, 2.05) is 0 Å². The molecule has 0 bridgehead atoms. The van der Waals surface area contributed by atoms with Gasteiger partial charge in [0.05, 0.1) is 0 Å². The standard InChI is InChI=1S/C13H18ClN/c14-9-12-2-1-3-13(8-12)10-15-7-6-11-4-5-11/h1-3,8,11,15H,4-7,9-10H2. The Morgan fingerprint density at radius 1 is 1.27 bits per heavy atom. The van der Waals surface area contributed by atoms with Gasteiger partial charge >= 0.3 is 0 Å². The van der Waals surface area contributed by atoms with Gasteiger partial charge in [-0.05, 0) is 30.0 Å². The average molecular weight is 224 g/mol. The van der Waals surface area contributed by atoms with Gasteiger partial charge in [-0.15, -0.1) is 11.6 Å². The Labute approximate surface area is 96.8 Å². The molecule has 0 spiro atoms. The van der Waals surface area contributed by atoms with Crippen LogP contribution >= 0.6 is 11.6 Å². The van der Waals surface area contributed by atoms with Gasteiger partial charge in [0.15, 0.2) is 0 Å². The van der Waals surface area contributed by atoms with Crippen LogP contribution in [0.2, 0.25) is 0 Å². The SMILES string of the molecule is ClCc1cccc(CNCCC2CC2)c1. The van der Waals surface area contributed by atoms with E-state index in [0.29, 0.717) is 5.88 Å². The Kier molecular flexibility index (Phi) is 4.04. The predicted octanol–water partition coefficient (Wildman–Crippen LogP) is 3.32. The molecule has 0 aliphatic heterocycles. The van der Waals surface area contributed by atoms with Crippen molar-refractivity contribution in [3.05, 3.63) is 35.4 Å². The molecule has 2 rings (SSSR count). The van der Waals surface area contributed by atoms with Crippen LogP contribution in [0.25, 0.3) is 0 Å². The maximum atomic E-state index is 5.79. The smallest absolute Gasteiger partial charge is 0.0474 e. The van der Waals surface area contributed by atoms with Crippen molar-refractivity contribution < 1.29 is 0 Å². The summed E-state index contributed by atoms with van der Waals surface area (Å²) in [4.78, 5) is 0. The zero-order chi connectivity index (χ0) is 10.5. The van der Waals surface area contributed by atoms with Crippen LogP contribution in [0, 0.1) is 5.92 Å². The van der Waals surface area contributed by atoms with Crippen LogP contribution in [-0.2, 0) is 12.4 Å². The second-order valence-electron chi connectivity index (χ2n) is 4.36. The highest BCUT2D eigenvalue weighted by Gasteiger charge is 2.19. The molecule has 15 heavy (non-hydrogen) atoms. The van der Waals surface area contributed by atoms with E-state index in [-0.39, 0.29) is 0 Å². The summed E-state index contributed by atoms with van der Waals surface area (Å²) < 4.78 is 0. The fraction of sp³-hybridized carbons (Fsp3) is 0.538. The van der Waals surface area contributed by atoms with Crippen molar-refractivity contribution in [1.82, 2.24) is 5.32 Å². The van der Waals surface area contributed by atoms with E-state index in [1.165, 1.54) is 30.4 Å². The molecule has 1 aromatic rings. The third kappa shape index (κ3) is 3.84. The second-order valence-corrected chi connectivity index (χ2v) is 4.63. The van der Waals surface area contributed by atoms with Crippen molar-refractivity contribution in [3.63, 3.8) is 0 Å². The van der Waals surface area contributed by atoms with Crippen molar-refractivity contribution in [2.24, 2.45) is 5.92 Å². The van der Waals surface area contributed by atoms with Gasteiger partial charge in [0.25, 0.3) is 0 Å². The molecule has 0 saturated heterocycles. The number of nitrogens with one attached hydrogen (secondary N) is 1. The summed E-state index contributed by atoms with van der Waals surface area (Å²) in [6.07, 6.45) is 4.24. The summed E-state index contributed by atoms with van der Waals surface area (Å²) in [5, 5.41) is 3.48. The Morgan fingerprint density at radius 3 is 2.80 bits per heavy atom. The number of benzene rings is 1. The molecule has 0 aromatic heterocycles. The summed E-state index contributed by atoms with van der Waals surface area (Å²) in [5.41, 5.74) is 2.54. The van der Waals surface area contributed by atoms with Crippen LogP contribution < -0.4 is 5.32 Å². The number of alkyl halides is 1. The minimum atomic E-state index is 0.607. The quantitative estimate of drug-likeness (QED) is 0.576. The third-order valence-electron chi connectivity index (χ3n) is 2.90. The zero-order valence-electron chi connectivity index (χ0n) is 9.01. The lowest BCUT2D eigenvalue weighted by Gasteiger charge is -2.05. The van der Waals surface area contributed by atoms with Gasteiger partial charge in [-0.1, -0.05) is 37.1 Å². The first-order chi connectivity index (χ1) is 7.38. The van der Waals surface area contributed by atoms with E-state index < -0.39 is 0 Å². The fourth-order valence-electron chi connectivity index (χ4n) is 1.77. The van der Waals surface area contributed by atoms with Gasteiger partial charge < -0.3 is 5.32 Å². The highest BCUT2D eigenvalue weighted by Crippen LogP contribution is 2.31. The summed E-state index contributed by atoms with van der Waals surface area (Å²) in [7, 11) is 0. The molecule has 1 aromatic carbocycles. The highest BCUT2D eigenvalue weighted by molar-refractivity contribution is 6.17. The molecule has 1 fully saturated rings. The summed E-state index contributed by atoms with van der Waals surface area (Å²) in [5.74, 6) is 1.63. The average Bonchev–Trinajstić information content (AvgIpc) is 3.09. The molecule has 0 heterocycles. The lowest BCUT2D eigenvalue weighted by atomic mass is 10.1. The number of rotatable bonds is 6. The van der Waals surface area contributed by atoms with Crippen LogP contribution in [-0.4, -0.2) is 6.54 Å². The summed E-state index contributed by atoms with van der Waals surface area (Å²) in [6, 6.07) is 8.48. The van der Waals surface area contributed by atoms with Crippen molar-refractivity contribution in [2.75, 3.05) is 6.54 Å². The van der Waals surface area contributed by atoms with Crippen LogP contribution in [0.5, 0.6) is 0 Å². The Bertz CT molecular complexity index is 307. The van der Waals surface area contributed by atoms with Crippen molar-refractivity contribution >= 4 is 11.6 Å². The number of hydrogen-bond donors (Lipinski definition) is 1. The van der Waals surface area contributed by atoms with E-state index in [1.54, 1.807) is 0 Å². The van der Waals surface area contributed by atoms with E-state index in [9.17, 15) is 0 Å². The van der Waals surface area contributed by atoms with Crippen LogP contribution in [0.3, 0.4) is 0 Å². The van der Waals surface area contributed by atoms with E-state index >= 15 is 0 Å². The summed E-state index contributed by atoms with van der Waals surface area (Å²) in [6.45, 7) is 2.12. The second kappa shape index (κ2) is 5.53. The minimum absolute atomic E-state index is 0.607. The zero-order valence-corrected chi connectivity index (χ0v) is 9.76. The highest BCUT2D eigenvalue weighted by atomic mass is 35.5. The number of halogens is 1. The molecule has 0 radical (unpaired) electrons. The van der Waals surface area contributed by atoms with Crippen molar-refractivity contribution in [3.8, 4) is 0 Å². The molecule has 0 amide bonds. The molecule has 1 nitrogen and oxygen atoms in total. The lowest BCUT2D eigenvalue weighted by Crippen LogP contribution is -2.15. The molecule has 82 valence electrons. The first kappa shape index (κ1) is 11.0. The Morgan fingerprint density at radius 2 is 2.07 bits per heavy atom. The van der Waals surface area contributed by atoms with Gasteiger partial charge in [0, 0.05) is 12.4 Å². The van der Waals surface area contributed by atoms with Gasteiger partial charge in [0.2, 0.25) is 0 Å². The minimum Gasteiger partial charge on any atom is -0.313 e. The van der Waals surface area contributed by atoms with Gasteiger partial charge in [0.1, 0.15) is 0 Å². The van der Waals surface area contributed by atoms with E-state index in [2.05, 4.69) is 29.6 Å². The number of hydrogen-bond acceptors (Lipinski definition) is 1. The van der Waals surface area contributed by atoms with Crippen LogP contribution in [0.1, 0.15) is 30.4 Å². The van der Waals surface area contributed by atoms with Crippen molar-refractivity contribution in [1.29, 1.82) is 0 Å². The normalized spacial score (nSPS) is 15.5. The monoisotopic (exact) mass is 223 g/mol. The molecule has 1 aliphatic rings. The molecule has 0 unspecified atom stereocenters. The van der Waals surface area contributed by atoms with Gasteiger partial charge in [-0.2, -0.15) is 0 Å². The van der Waals surface area contributed by atoms with Gasteiger partial charge in [-0.25, -0.2) is 0 Å². The van der Waals surface area contributed by atoms with E-state index in [4.69, 9.17) is 11.6 Å². The molecule has 1 saturated carbocycles. The largest absolute Gasteiger partial charge is 0.313 e.